The number of aromatic amines is 1. The number of nitrogens with zero attached hydrogens (tertiary/aromatic N) is 2. The van der Waals surface area contributed by atoms with Gasteiger partial charge in [0.05, 0.1) is 9.90 Å². The van der Waals surface area contributed by atoms with Gasteiger partial charge in [-0.2, -0.15) is 0 Å². The zero-order chi connectivity index (χ0) is 17.8. The monoisotopic (exact) mass is 379 g/mol. The summed E-state index contributed by atoms with van der Waals surface area (Å²) >= 11 is 7.39. The minimum Gasteiger partial charge on any atom is -0.339 e. The van der Waals surface area contributed by atoms with Crippen LogP contribution in [0.3, 0.4) is 0 Å². The smallest absolute Gasteiger partial charge is 0.255 e. The largest absolute Gasteiger partial charge is 0.339 e. The van der Waals surface area contributed by atoms with Gasteiger partial charge >= 0.3 is 0 Å². The van der Waals surface area contributed by atoms with Gasteiger partial charge in [-0.1, -0.05) is 11.6 Å². The van der Waals surface area contributed by atoms with Crippen LogP contribution in [0.25, 0.3) is 0 Å². The number of carbonyl (C=O) groups excluding carboxylic acids is 2. The molecule has 0 unspecified atom stereocenters. The molecule has 0 aromatic carbocycles. The number of H-pyrrole nitrogens is 1. The van der Waals surface area contributed by atoms with Crippen molar-refractivity contribution >= 4 is 34.8 Å². The minimum atomic E-state index is -0.237. The normalized spacial score (nSPS) is 14.6. The van der Waals surface area contributed by atoms with Gasteiger partial charge in [0.2, 0.25) is 11.5 Å². The lowest BCUT2D eigenvalue weighted by molar-refractivity contribution is -0.132. The fourth-order valence-corrected chi connectivity index (χ4v) is 3.85. The van der Waals surface area contributed by atoms with Gasteiger partial charge in [0.25, 0.3) is 5.91 Å². The van der Waals surface area contributed by atoms with Crippen LogP contribution in [0.1, 0.15) is 21.7 Å². The van der Waals surface area contributed by atoms with E-state index in [9.17, 15) is 14.4 Å². The average molecular weight is 380 g/mol. The zero-order valence-electron chi connectivity index (χ0n) is 13.5. The highest BCUT2D eigenvalue weighted by Crippen LogP contribution is 2.22. The molecule has 0 bridgehead atoms. The highest BCUT2D eigenvalue weighted by atomic mass is 35.5. The molecule has 3 rings (SSSR count). The molecule has 2 aromatic rings. The summed E-state index contributed by atoms with van der Waals surface area (Å²) in [6.07, 6.45) is 2.56. The van der Waals surface area contributed by atoms with E-state index in [2.05, 4.69) is 4.98 Å². The third-order valence-corrected chi connectivity index (χ3v) is 5.46. The molecule has 25 heavy (non-hydrogen) atoms. The molecule has 0 radical (unpaired) electrons. The number of aromatic nitrogens is 1. The number of rotatable bonds is 4. The summed E-state index contributed by atoms with van der Waals surface area (Å²) in [6.45, 7) is 2.04. The van der Waals surface area contributed by atoms with Crippen molar-refractivity contribution in [3.05, 3.63) is 55.6 Å². The van der Waals surface area contributed by atoms with Gasteiger partial charge in [-0.25, -0.2) is 0 Å². The van der Waals surface area contributed by atoms with E-state index in [1.165, 1.54) is 29.7 Å². The van der Waals surface area contributed by atoms with E-state index in [-0.39, 0.29) is 17.4 Å². The Morgan fingerprint density at radius 3 is 2.40 bits per heavy atom. The Bertz CT molecular complexity index is 804. The predicted molar refractivity (Wildman–Crippen MR) is 97.2 cm³/mol. The van der Waals surface area contributed by atoms with E-state index in [1.807, 2.05) is 12.1 Å². The first kappa shape index (κ1) is 17.7. The molecular weight excluding hydrogens is 362 g/mol. The molecule has 0 aliphatic carbocycles. The molecule has 2 aromatic heterocycles. The van der Waals surface area contributed by atoms with Gasteiger partial charge in [-0.05, 0) is 24.6 Å². The summed E-state index contributed by atoms with van der Waals surface area (Å²) in [5.74, 6) is -0.0303. The zero-order valence-corrected chi connectivity index (χ0v) is 15.1. The van der Waals surface area contributed by atoms with E-state index in [0.717, 1.165) is 9.21 Å². The van der Waals surface area contributed by atoms with Gasteiger partial charge in [0.15, 0.2) is 0 Å². The summed E-state index contributed by atoms with van der Waals surface area (Å²) < 4.78 is 0.733. The quantitative estimate of drug-likeness (QED) is 0.883. The molecule has 1 aliphatic rings. The van der Waals surface area contributed by atoms with E-state index in [1.54, 1.807) is 9.80 Å². The second kappa shape index (κ2) is 7.84. The summed E-state index contributed by atoms with van der Waals surface area (Å²) in [5.41, 5.74) is 0.216. The number of amides is 2. The lowest BCUT2D eigenvalue weighted by atomic mass is 10.2. The van der Waals surface area contributed by atoms with Crippen LogP contribution in [0, 0.1) is 0 Å². The standard InChI is InChI=1S/C17H18ClN3O3S/c18-14-4-2-13(25-14)3-6-16(23)20-7-9-21(10-8-20)17(24)12-1-5-15(22)19-11-12/h1-2,4-5,11H,3,6-10H2,(H,19,22). The first-order valence-electron chi connectivity index (χ1n) is 8.03. The van der Waals surface area contributed by atoms with Crippen LogP contribution in [0.4, 0.5) is 0 Å². The van der Waals surface area contributed by atoms with Crippen LogP contribution in [-0.2, 0) is 11.2 Å². The lowest BCUT2D eigenvalue weighted by Crippen LogP contribution is -2.50. The predicted octanol–water partition coefficient (Wildman–Crippen LogP) is 2.01. The van der Waals surface area contributed by atoms with Gasteiger partial charge in [0.1, 0.15) is 0 Å². The van der Waals surface area contributed by atoms with Crippen molar-refractivity contribution in [2.45, 2.75) is 12.8 Å². The molecule has 1 N–H and O–H groups in total. The van der Waals surface area contributed by atoms with Crippen molar-refractivity contribution in [3.63, 3.8) is 0 Å². The number of carbonyl (C=O) groups is 2. The van der Waals surface area contributed by atoms with Crippen LogP contribution >= 0.6 is 22.9 Å². The molecule has 1 saturated heterocycles. The SMILES string of the molecule is O=C(CCc1ccc(Cl)s1)N1CCN(C(=O)c2ccc(=O)[nH]c2)CC1. The van der Waals surface area contributed by atoms with Crippen LogP contribution in [-0.4, -0.2) is 52.8 Å². The Morgan fingerprint density at radius 2 is 1.80 bits per heavy atom. The highest BCUT2D eigenvalue weighted by Gasteiger charge is 2.24. The second-order valence-electron chi connectivity index (χ2n) is 5.82. The maximum absolute atomic E-state index is 12.4. The third-order valence-electron chi connectivity index (χ3n) is 4.16. The molecule has 0 atom stereocenters. The first-order valence-corrected chi connectivity index (χ1v) is 9.22. The number of halogens is 1. The second-order valence-corrected chi connectivity index (χ2v) is 7.62. The highest BCUT2D eigenvalue weighted by molar-refractivity contribution is 7.16. The number of thiophene rings is 1. The first-order chi connectivity index (χ1) is 12.0. The van der Waals surface area contributed by atoms with E-state index >= 15 is 0 Å². The third kappa shape index (κ3) is 4.49. The Labute approximate surface area is 154 Å². The van der Waals surface area contributed by atoms with Gasteiger partial charge in [-0.3, -0.25) is 14.4 Å². The molecule has 0 saturated carbocycles. The fraction of sp³-hybridized carbons (Fsp3) is 0.353. The Kier molecular flexibility index (Phi) is 5.55. The number of hydrogen-bond donors (Lipinski definition) is 1. The van der Waals surface area contributed by atoms with E-state index < -0.39 is 0 Å². The van der Waals surface area contributed by atoms with Crippen LogP contribution in [0.2, 0.25) is 4.34 Å². The van der Waals surface area contributed by atoms with Crippen LogP contribution < -0.4 is 5.56 Å². The molecule has 2 amide bonds. The topological polar surface area (TPSA) is 73.5 Å². The summed E-state index contributed by atoms with van der Waals surface area (Å²) in [7, 11) is 0. The van der Waals surface area contributed by atoms with E-state index in [4.69, 9.17) is 11.6 Å². The number of nitrogens with one attached hydrogen (secondary N) is 1. The molecule has 3 heterocycles. The number of hydrogen-bond acceptors (Lipinski definition) is 4. The van der Waals surface area contributed by atoms with Crippen molar-refractivity contribution in [2.24, 2.45) is 0 Å². The average Bonchev–Trinajstić information content (AvgIpc) is 3.05. The number of aryl methyl sites for hydroxylation is 1. The van der Waals surface area contributed by atoms with Crippen LogP contribution in [0.5, 0.6) is 0 Å². The minimum absolute atomic E-state index is 0.0978. The van der Waals surface area contributed by atoms with Gasteiger partial charge < -0.3 is 14.8 Å². The molecular formula is C17H18ClN3O3S. The number of piperazine rings is 1. The van der Waals surface area contributed by atoms with Crippen molar-refractivity contribution < 1.29 is 9.59 Å². The molecule has 0 spiro atoms. The maximum Gasteiger partial charge on any atom is 0.255 e. The Hall–Kier alpha value is -2.12. The van der Waals surface area contributed by atoms with Gasteiger partial charge in [-0.15, -0.1) is 11.3 Å². The molecule has 6 nitrogen and oxygen atoms in total. The number of pyridine rings is 1. The van der Waals surface area contributed by atoms with Crippen LogP contribution in [0.15, 0.2) is 35.3 Å². The van der Waals surface area contributed by atoms with Crippen molar-refractivity contribution in [1.82, 2.24) is 14.8 Å². The van der Waals surface area contributed by atoms with Crippen molar-refractivity contribution in [2.75, 3.05) is 26.2 Å². The Balaban J connectivity index is 1.49. The Morgan fingerprint density at radius 1 is 1.08 bits per heavy atom. The van der Waals surface area contributed by atoms with Crippen molar-refractivity contribution in [1.29, 1.82) is 0 Å². The van der Waals surface area contributed by atoms with Crippen molar-refractivity contribution in [3.8, 4) is 0 Å². The summed E-state index contributed by atoms with van der Waals surface area (Å²) in [4.78, 5) is 42.9. The summed E-state index contributed by atoms with van der Waals surface area (Å²) in [6, 6.07) is 6.64. The molecule has 132 valence electrons. The summed E-state index contributed by atoms with van der Waals surface area (Å²) in [5, 5.41) is 0. The molecule has 1 aliphatic heterocycles. The maximum atomic E-state index is 12.4. The van der Waals surface area contributed by atoms with Gasteiger partial charge in [0, 0.05) is 49.7 Å². The molecule has 1 fully saturated rings. The molecule has 8 heteroatoms. The van der Waals surface area contributed by atoms with E-state index in [0.29, 0.717) is 44.6 Å². The fourth-order valence-electron chi connectivity index (χ4n) is 2.76. The lowest BCUT2D eigenvalue weighted by Gasteiger charge is -2.34.